The molecule has 1 unspecified atom stereocenters. The number of nitrogens with two attached hydrogens (primary N) is 1. The Morgan fingerprint density at radius 1 is 1.33 bits per heavy atom. The Hall–Kier alpha value is -1.39. The van der Waals surface area contributed by atoms with Crippen LogP contribution in [0.4, 0.5) is 5.82 Å². The molecule has 2 rings (SSSR count). The molecule has 3 nitrogen and oxygen atoms in total. The van der Waals surface area contributed by atoms with Crippen molar-refractivity contribution < 1.29 is 5.11 Å². The van der Waals surface area contributed by atoms with Gasteiger partial charge in [-0.15, -0.1) is 0 Å². The number of hydrogen-bond donors (Lipinski definition) is 2. The highest BCUT2D eigenvalue weighted by molar-refractivity contribution is 9.10. The van der Waals surface area contributed by atoms with Crippen molar-refractivity contribution in [3.63, 3.8) is 0 Å². The van der Waals surface area contributed by atoms with Crippen molar-refractivity contribution in [3.8, 4) is 0 Å². The maximum absolute atomic E-state index is 10.6. The fourth-order valence-corrected chi connectivity index (χ4v) is 2.33. The zero-order chi connectivity index (χ0) is 13.2. The van der Waals surface area contributed by atoms with E-state index >= 15 is 0 Å². The minimum Gasteiger partial charge on any atom is -0.385 e. The lowest BCUT2D eigenvalue weighted by molar-refractivity contribution is 0.0576. The Labute approximate surface area is 115 Å². The lowest BCUT2D eigenvalue weighted by atomic mass is 9.89. The van der Waals surface area contributed by atoms with E-state index in [1.54, 1.807) is 19.2 Å². The standard InChI is InChI=1S/C14H15BrN2O/c1-14(18,11-3-2-4-12(15)8-11)9-10-5-6-17-13(16)7-10/h2-8,18H,9H2,1H3,(H2,16,17). The van der Waals surface area contributed by atoms with Gasteiger partial charge in [0.25, 0.3) is 0 Å². The SMILES string of the molecule is CC(O)(Cc1ccnc(N)c1)c1cccc(Br)c1. The van der Waals surface area contributed by atoms with Crippen LogP contribution in [0.1, 0.15) is 18.1 Å². The van der Waals surface area contributed by atoms with Crippen LogP contribution in [0.15, 0.2) is 47.1 Å². The zero-order valence-electron chi connectivity index (χ0n) is 10.1. The fraction of sp³-hybridized carbons (Fsp3) is 0.214. The Morgan fingerprint density at radius 2 is 2.11 bits per heavy atom. The Morgan fingerprint density at radius 3 is 2.78 bits per heavy atom. The molecule has 0 bridgehead atoms. The molecule has 0 fully saturated rings. The van der Waals surface area contributed by atoms with Crippen molar-refractivity contribution in [1.29, 1.82) is 0 Å². The topological polar surface area (TPSA) is 59.1 Å². The van der Waals surface area contributed by atoms with Crippen molar-refractivity contribution in [2.45, 2.75) is 18.9 Å². The smallest absolute Gasteiger partial charge is 0.123 e. The van der Waals surface area contributed by atoms with E-state index < -0.39 is 5.60 Å². The fourth-order valence-electron chi connectivity index (χ4n) is 1.93. The summed E-state index contributed by atoms with van der Waals surface area (Å²) in [5, 5.41) is 10.6. The highest BCUT2D eigenvalue weighted by Gasteiger charge is 2.23. The summed E-state index contributed by atoms with van der Waals surface area (Å²) >= 11 is 3.41. The second-order valence-electron chi connectivity index (χ2n) is 4.55. The van der Waals surface area contributed by atoms with E-state index in [1.165, 1.54) is 0 Å². The van der Waals surface area contributed by atoms with E-state index in [9.17, 15) is 5.11 Å². The van der Waals surface area contributed by atoms with E-state index in [1.807, 2.05) is 30.3 Å². The third kappa shape index (κ3) is 3.09. The molecule has 1 aromatic carbocycles. The van der Waals surface area contributed by atoms with Crippen LogP contribution in [0.5, 0.6) is 0 Å². The summed E-state index contributed by atoms with van der Waals surface area (Å²) in [6, 6.07) is 11.3. The van der Waals surface area contributed by atoms with Crippen molar-refractivity contribution in [2.24, 2.45) is 0 Å². The first kappa shape index (κ1) is 13.1. The molecule has 94 valence electrons. The van der Waals surface area contributed by atoms with Crippen LogP contribution in [0, 0.1) is 0 Å². The monoisotopic (exact) mass is 306 g/mol. The number of anilines is 1. The van der Waals surface area contributed by atoms with Crippen molar-refractivity contribution in [2.75, 3.05) is 5.73 Å². The molecule has 0 spiro atoms. The first-order valence-corrected chi connectivity index (χ1v) is 6.45. The largest absolute Gasteiger partial charge is 0.385 e. The molecule has 18 heavy (non-hydrogen) atoms. The summed E-state index contributed by atoms with van der Waals surface area (Å²) in [4.78, 5) is 3.95. The first-order valence-electron chi connectivity index (χ1n) is 5.66. The van der Waals surface area contributed by atoms with Gasteiger partial charge in [0.15, 0.2) is 0 Å². The number of benzene rings is 1. The van der Waals surface area contributed by atoms with E-state index in [0.717, 1.165) is 15.6 Å². The minimum absolute atomic E-state index is 0.470. The number of aliphatic hydroxyl groups is 1. The van der Waals surface area contributed by atoms with Crippen LogP contribution in [-0.4, -0.2) is 10.1 Å². The normalized spacial score (nSPS) is 14.2. The average molecular weight is 307 g/mol. The summed E-state index contributed by atoms with van der Waals surface area (Å²) < 4.78 is 0.953. The molecule has 1 heterocycles. The number of rotatable bonds is 3. The number of aromatic nitrogens is 1. The van der Waals surface area contributed by atoms with Gasteiger partial charge in [0.2, 0.25) is 0 Å². The highest BCUT2D eigenvalue weighted by atomic mass is 79.9. The zero-order valence-corrected chi connectivity index (χ0v) is 11.7. The predicted octanol–water partition coefficient (Wildman–Crippen LogP) is 2.88. The van der Waals surface area contributed by atoms with Crippen LogP contribution in [0.25, 0.3) is 0 Å². The number of hydrogen-bond acceptors (Lipinski definition) is 3. The molecule has 0 aliphatic heterocycles. The summed E-state index contributed by atoms with van der Waals surface area (Å²) in [6.45, 7) is 1.80. The van der Waals surface area contributed by atoms with E-state index in [-0.39, 0.29) is 0 Å². The van der Waals surface area contributed by atoms with Crippen molar-refractivity contribution >= 4 is 21.7 Å². The molecule has 0 aliphatic rings. The molecule has 0 radical (unpaired) electrons. The number of nitrogen functional groups attached to an aromatic ring is 1. The molecule has 1 atom stereocenters. The summed E-state index contributed by atoms with van der Waals surface area (Å²) in [5.74, 6) is 0.470. The molecule has 0 saturated carbocycles. The van der Waals surface area contributed by atoms with Gasteiger partial charge in [-0.25, -0.2) is 4.98 Å². The second kappa shape index (κ2) is 5.08. The molecule has 0 amide bonds. The molecular weight excluding hydrogens is 292 g/mol. The van der Waals surface area contributed by atoms with Gasteiger partial charge >= 0.3 is 0 Å². The van der Waals surface area contributed by atoms with Gasteiger partial charge in [-0.05, 0) is 42.3 Å². The van der Waals surface area contributed by atoms with Crippen LogP contribution in [-0.2, 0) is 12.0 Å². The predicted molar refractivity (Wildman–Crippen MR) is 76.1 cm³/mol. The van der Waals surface area contributed by atoms with E-state index in [4.69, 9.17) is 5.73 Å². The molecule has 4 heteroatoms. The number of halogens is 1. The summed E-state index contributed by atoms with van der Waals surface area (Å²) in [6.07, 6.45) is 2.15. The van der Waals surface area contributed by atoms with Gasteiger partial charge in [0, 0.05) is 17.1 Å². The number of pyridine rings is 1. The van der Waals surface area contributed by atoms with Gasteiger partial charge < -0.3 is 10.8 Å². The van der Waals surface area contributed by atoms with Crippen LogP contribution < -0.4 is 5.73 Å². The maximum atomic E-state index is 10.6. The molecule has 1 aromatic heterocycles. The molecule has 0 saturated heterocycles. The van der Waals surface area contributed by atoms with Crippen LogP contribution in [0.3, 0.4) is 0 Å². The van der Waals surface area contributed by atoms with Crippen LogP contribution >= 0.6 is 15.9 Å². The first-order chi connectivity index (χ1) is 8.47. The van der Waals surface area contributed by atoms with Gasteiger partial charge in [-0.1, -0.05) is 28.1 Å². The van der Waals surface area contributed by atoms with E-state index in [0.29, 0.717) is 12.2 Å². The Kier molecular flexibility index (Phi) is 3.68. The van der Waals surface area contributed by atoms with Crippen molar-refractivity contribution in [1.82, 2.24) is 4.98 Å². The lowest BCUT2D eigenvalue weighted by Gasteiger charge is -2.24. The molecular formula is C14H15BrN2O. The highest BCUT2D eigenvalue weighted by Crippen LogP contribution is 2.27. The Bertz CT molecular complexity index is 555. The third-order valence-corrected chi connectivity index (χ3v) is 3.33. The molecule has 3 N–H and O–H groups in total. The van der Waals surface area contributed by atoms with Crippen molar-refractivity contribution in [3.05, 3.63) is 58.2 Å². The third-order valence-electron chi connectivity index (χ3n) is 2.84. The van der Waals surface area contributed by atoms with Gasteiger partial charge in [-0.2, -0.15) is 0 Å². The summed E-state index contributed by atoms with van der Waals surface area (Å²) in [5.41, 5.74) is 6.54. The second-order valence-corrected chi connectivity index (χ2v) is 5.47. The molecule has 0 aliphatic carbocycles. The van der Waals surface area contributed by atoms with Gasteiger partial charge in [0.1, 0.15) is 5.82 Å². The maximum Gasteiger partial charge on any atom is 0.123 e. The number of nitrogens with zero attached hydrogens (tertiary/aromatic N) is 1. The quantitative estimate of drug-likeness (QED) is 0.916. The molecule has 2 aromatic rings. The lowest BCUT2D eigenvalue weighted by Crippen LogP contribution is -2.24. The van der Waals surface area contributed by atoms with Gasteiger partial charge in [0.05, 0.1) is 5.60 Å². The average Bonchev–Trinajstić information content (AvgIpc) is 2.28. The Balaban J connectivity index is 2.26. The van der Waals surface area contributed by atoms with Gasteiger partial charge in [-0.3, -0.25) is 0 Å². The van der Waals surface area contributed by atoms with E-state index in [2.05, 4.69) is 20.9 Å². The minimum atomic E-state index is -0.933. The summed E-state index contributed by atoms with van der Waals surface area (Å²) in [7, 11) is 0. The van der Waals surface area contributed by atoms with Crippen LogP contribution in [0.2, 0.25) is 0 Å².